The minimum Gasteiger partial charge on any atom is -0.342 e. The lowest BCUT2D eigenvalue weighted by Crippen LogP contribution is -2.09. The van der Waals surface area contributed by atoms with Gasteiger partial charge in [-0.2, -0.15) is 5.10 Å². The van der Waals surface area contributed by atoms with Gasteiger partial charge in [-0.1, -0.05) is 24.3 Å². The van der Waals surface area contributed by atoms with Crippen molar-refractivity contribution in [3.8, 4) is 0 Å². The fourth-order valence-electron chi connectivity index (χ4n) is 2.27. The number of aromatic nitrogens is 2. The summed E-state index contributed by atoms with van der Waals surface area (Å²) in [7, 11) is 0. The van der Waals surface area contributed by atoms with Gasteiger partial charge in [0, 0.05) is 17.7 Å². The second kappa shape index (κ2) is 5.65. The Bertz CT molecular complexity index is 836. The quantitative estimate of drug-likeness (QED) is 0.333. The van der Waals surface area contributed by atoms with Crippen molar-refractivity contribution in [3.05, 3.63) is 70.0 Å². The molecule has 110 valence electrons. The Morgan fingerprint density at radius 3 is 2.82 bits per heavy atom. The van der Waals surface area contributed by atoms with Gasteiger partial charge in [0.05, 0.1) is 28.1 Å². The minimum atomic E-state index is -0.446. The zero-order valence-electron chi connectivity index (χ0n) is 11.6. The number of imidazole rings is 1. The lowest BCUT2D eigenvalue weighted by molar-refractivity contribution is -0.384. The fraction of sp³-hybridized carbons (Fsp3) is 0.0667. The van der Waals surface area contributed by atoms with Crippen molar-refractivity contribution >= 4 is 22.4 Å². The van der Waals surface area contributed by atoms with Crippen LogP contribution in [0.15, 0.2) is 53.6 Å². The third kappa shape index (κ3) is 2.64. The summed E-state index contributed by atoms with van der Waals surface area (Å²) in [5.41, 5.74) is 2.92. The number of rotatable bonds is 4. The van der Waals surface area contributed by atoms with Crippen LogP contribution >= 0.6 is 0 Å². The van der Waals surface area contributed by atoms with E-state index in [-0.39, 0.29) is 5.69 Å². The maximum Gasteiger partial charge on any atom is 0.270 e. The first-order chi connectivity index (χ1) is 10.7. The molecule has 0 aliphatic heterocycles. The van der Waals surface area contributed by atoms with E-state index >= 15 is 0 Å². The van der Waals surface area contributed by atoms with E-state index in [2.05, 4.69) is 15.1 Å². The summed E-state index contributed by atoms with van der Waals surface area (Å²) in [6, 6.07) is 13.9. The van der Waals surface area contributed by atoms with Crippen LogP contribution in [-0.4, -0.2) is 20.6 Å². The highest BCUT2D eigenvalue weighted by Gasteiger charge is 2.12. The average Bonchev–Trinajstić information content (AvgIpc) is 2.95. The molecule has 7 heteroatoms. The van der Waals surface area contributed by atoms with Crippen molar-refractivity contribution in [2.24, 2.45) is 10.9 Å². The topological polar surface area (TPSA) is 110 Å². The van der Waals surface area contributed by atoms with Gasteiger partial charge in [-0.3, -0.25) is 10.1 Å². The Morgan fingerprint density at radius 2 is 2.09 bits per heavy atom. The number of hydrazone groups is 1. The van der Waals surface area contributed by atoms with E-state index in [1.165, 1.54) is 12.1 Å². The van der Waals surface area contributed by atoms with Crippen LogP contribution in [0.3, 0.4) is 0 Å². The summed E-state index contributed by atoms with van der Waals surface area (Å²) in [6.07, 6.45) is 0.367. The predicted octanol–water partition coefficient (Wildman–Crippen LogP) is 2.38. The molecule has 1 heterocycles. The van der Waals surface area contributed by atoms with Crippen LogP contribution in [0.4, 0.5) is 5.69 Å². The Balaban J connectivity index is 1.91. The van der Waals surface area contributed by atoms with E-state index in [4.69, 9.17) is 5.84 Å². The smallest absolute Gasteiger partial charge is 0.270 e. The lowest BCUT2D eigenvalue weighted by Gasteiger charge is -2.03. The van der Waals surface area contributed by atoms with Crippen LogP contribution in [0.1, 0.15) is 11.4 Å². The van der Waals surface area contributed by atoms with Gasteiger partial charge in [-0.15, -0.1) is 0 Å². The Hall–Kier alpha value is -3.22. The molecular weight excluding hydrogens is 282 g/mol. The molecule has 7 nitrogen and oxygen atoms in total. The summed E-state index contributed by atoms with van der Waals surface area (Å²) < 4.78 is 0. The van der Waals surface area contributed by atoms with Crippen molar-refractivity contribution in [3.63, 3.8) is 0 Å². The predicted molar refractivity (Wildman–Crippen MR) is 83.6 cm³/mol. The van der Waals surface area contributed by atoms with E-state index in [1.807, 2.05) is 24.3 Å². The number of fused-ring (bicyclic) bond motifs is 1. The van der Waals surface area contributed by atoms with Gasteiger partial charge in [0.15, 0.2) is 0 Å². The Morgan fingerprint density at radius 1 is 1.27 bits per heavy atom. The largest absolute Gasteiger partial charge is 0.342 e. The highest BCUT2D eigenvalue weighted by Crippen LogP contribution is 2.16. The molecule has 0 aliphatic carbocycles. The monoisotopic (exact) mass is 295 g/mol. The number of aromatic amines is 1. The number of hydrogen-bond acceptors (Lipinski definition) is 5. The fourth-order valence-corrected chi connectivity index (χ4v) is 2.27. The number of non-ortho nitro benzene ring substituents is 1. The third-order valence-corrected chi connectivity index (χ3v) is 3.32. The Labute approximate surface area is 125 Å². The molecular formula is C15H13N5O2. The number of nitro groups is 1. The maximum absolute atomic E-state index is 10.9. The number of nitrogens with one attached hydrogen (secondary N) is 1. The van der Waals surface area contributed by atoms with Gasteiger partial charge in [-0.25, -0.2) is 4.98 Å². The highest BCUT2D eigenvalue weighted by molar-refractivity contribution is 6.02. The number of H-pyrrole nitrogens is 1. The molecule has 0 saturated heterocycles. The van der Waals surface area contributed by atoms with E-state index in [1.54, 1.807) is 12.1 Å². The lowest BCUT2D eigenvalue weighted by atomic mass is 10.1. The standard InChI is InChI=1S/C15H13N5O2/c16-19-14(10-4-3-5-11(8-10)20(21)22)9-15-17-12-6-1-2-7-13(12)18-15/h1-8H,9,16H2,(H,17,18)/b19-14+. The van der Waals surface area contributed by atoms with Gasteiger partial charge in [0.2, 0.25) is 0 Å². The third-order valence-electron chi connectivity index (χ3n) is 3.32. The van der Waals surface area contributed by atoms with Crippen LogP contribution in [0.5, 0.6) is 0 Å². The average molecular weight is 295 g/mol. The van der Waals surface area contributed by atoms with Crippen molar-refractivity contribution in [1.82, 2.24) is 9.97 Å². The molecule has 3 N–H and O–H groups in total. The van der Waals surface area contributed by atoms with Gasteiger partial charge in [0.1, 0.15) is 5.82 Å². The molecule has 22 heavy (non-hydrogen) atoms. The van der Waals surface area contributed by atoms with Crippen molar-refractivity contribution in [1.29, 1.82) is 0 Å². The second-order valence-electron chi connectivity index (χ2n) is 4.76. The Kier molecular flexibility index (Phi) is 3.53. The summed E-state index contributed by atoms with van der Waals surface area (Å²) in [5, 5.41) is 14.6. The molecule has 3 rings (SSSR count). The number of nitro benzene ring substituents is 1. The molecule has 2 aromatic carbocycles. The van der Waals surface area contributed by atoms with E-state index in [9.17, 15) is 10.1 Å². The molecule has 0 saturated carbocycles. The van der Waals surface area contributed by atoms with Gasteiger partial charge in [-0.05, 0) is 12.1 Å². The van der Waals surface area contributed by atoms with Gasteiger partial charge in [0.25, 0.3) is 5.69 Å². The number of benzene rings is 2. The van der Waals surface area contributed by atoms with Crippen molar-refractivity contribution in [2.75, 3.05) is 0 Å². The first-order valence-electron chi connectivity index (χ1n) is 6.62. The molecule has 0 radical (unpaired) electrons. The van der Waals surface area contributed by atoms with Gasteiger partial charge < -0.3 is 10.8 Å². The molecule has 0 unspecified atom stereocenters. The molecule has 0 amide bonds. The molecule has 3 aromatic rings. The van der Waals surface area contributed by atoms with Crippen LogP contribution in [0.2, 0.25) is 0 Å². The van der Waals surface area contributed by atoms with Crippen LogP contribution in [0.25, 0.3) is 11.0 Å². The summed E-state index contributed by atoms with van der Waals surface area (Å²) in [4.78, 5) is 18.1. The first-order valence-corrected chi connectivity index (χ1v) is 6.62. The van der Waals surface area contributed by atoms with E-state index in [0.717, 1.165) is 11.0 Å². The molecule has 0 atom stereocenters. The first kappa shape index (κ1) is 13.7. The van der Waals surface area contributed by atoms with E-state index < -0.39 is 4.92 Å². The highest BCUT2D eigenvalue weighted by atomic mass is 16.6. The molecule has 0 bridgehead atoms. The van der Waals surface area contributed by atoms with Crippen molar-refractivity contribution in [2.45, 2.75) is 6.42 Å². The second-order valence-corrected chi connectivity index (χ2v) is 4.76. The molecule has 0 aliphatic rings. The number of nitrogens with two attached hydrogens (primary N) is 1. The van der Waals surface area contributed by atoms with Gasteiger partial charge >= 0.3 is 0 Å². The number of para-hydroxylation sites is 2. The SMILES string of the molecule is N/N=C(\Cc1nc2ccccc2[nH]1)c1cccc([N+](=O)[O-])c1. The minimum absolute atomic E-state index is 0.00301. The van der Waals surface area contributed by atoms with Crippen molar-refractivity contribution < 1.29 is 4.92 Å². The number of hydrogen-bond donors (Lipinski definition) is 2. The van der Waals surface area contributed by atoms with Crippen LogP contribution in [-0.2, 0) is 6.42 Å². The normalized spacial score (nSPS) is 11.7. The zero-order chi connectivity index (χ0) is 15.5. The number of nitrogens with zero attached hydrogens (tertiary/aromatic N) is 3. The summed E-state index contributed by atoms with van der Waals surface area (Å²) >= 11 is 0. The summed E-state index contributed by atoms with van der Waals surface area (Å²) in [5.74, 6) is 6.15. The molecule has 0 fully saturated rings. The molecule has 0 spiro atoms. The maximum atomic E-state index is 10.9. The molecule has 1 aromatic heterocycles. The van der Waals surface area contributed by atoms with Crippen LogP contribution < -0.4 is 5.84 Å². The summed E-state index contributed by atoms with van der Waals surface area (Å²) in [6.45, 7) is 0. The van der Waals surface area contributed by atoms with E-state index in [0.29, 0.717) is 23.5 Å². The van der Waals surface area contributed by atoms with Crippen LogP contribution in [0, 0.1) is 10.1 Å². The zero-order valence-corrected chi connectivity index (χ0v) is 11.6.